The summed E-state index contributed by atoms with van der Waals surface area (Å²) in [4.78, 5) is 0. The molecule has 0 bridgehead atoms. The van der Waals surface area contributed by atoms with Crippen LogP contribution in [0.4, 0.5) is 0 Å². The van der Waals surface area contributed by atoms with Gasteiger partial charge in [0.15, 0.2) is 5.58 Å². The van der Waals surface area contributed by atoms with Gasteiger partial charge >= 0.3 is 0 Å². The Bertz CT molecular complexity index is 394. The zero-order valence-electron chi connectivity index (χ0n) is 6.69. The van der Waals surface area contributed by atoms with Crippen molar-refractivity contribution in [3.05, 3.63) is 30.0 Å². The summed E-state index contributed by atoms with van der Waals surface area (Å²) in [6.07, 6.45) is 0. The molecule has 1 atom stereocenters. The molecule has 0 unspecified atom stereocenters. The van der Waals surface area contributed by atoms with Gasteiger partial charge in [-0.15, -0.1) is 0 Å². The maximum Gasteiger partial charge on any atom is 0.167 e. The van der Waals surface area contributed by atoms with E-state index in [2.05, 4.69) is 17.8 Å². The van der Waals surface area contributed by atoms with Gasteiger partial charge in [-0.3, -0.25) is 0 Å². The summed E-state index contributed by atoms with van der Waals surface area (Å²) in [6.45, 7) is 1.98. The fourth-order valence-corrected chi connectivity index (χ4v) is 1.39. The molecule has 0 radical (unpaired) electrons. The molecule has 0 saturated carbocycles. The number of benzene rings is 1. The first-order valence-corrected chi connectivity index (χ1v) is 4.33. The van der Waals surface area contributed by atoms with E-state index in [1.54, 1.807) is 0 Å². The lowest BCUT2D eigenvalue weighted by atomic mass is 10.2. The minimum absolute atomic E-state index is 0.119. The smallest absolute Gasteiger partial charge is 0.167 e. The lowest BCUT2D eigenvalue weighted by Crippen LogP contribution is -1.83. The molecule has 62 valence electrons. The van der Waals surface area contributed by atoms with E-state index in [4.69, 9.17) is 4.52 Å². The van der Waals surface area contributed by atoms with Crippen LogP contribution in [0.2, 0.25) is 0 Å². The average Bonchev–Trinajstić information content (AvgIpc) is 2.47. The number of aromatic nitrogens is 1. The number of fused-ring (bicyclic) bond motifs is 1. The second-order valence-corrected chi connectivity index (χ2v) is 3.51. The molecule has 1 aromatic heterocycles. The van der Waals surface area contributed by atoms with Gasteiger partial charge in [0.05, 0.1) is 0 Å². The molecule has 3 heteroatoms. The third-order valence-electron chi connectivity index (χ3n) is 1.80. The van der Waals surface area contributed by atoms with E-state index >= 15 is 0 Å². The summed E-state index contributed by atoms with van der Waals surface area (Å²) in [5.74, 6) is 0. The first-order valence-electron chi connectivity index (χ1n) is 3.81. The zero-order chi connectivity index (χ0) is 8.55. The van der Waals surface area contributed by atoms with Crippen molar-refractivity contribution in [1.82, 2.24) is 5.16 Å². The van der Waals surface area contributed by atoms with Gasteiger partial charge in [-0.1, -0.05) is 17.3 Å². The molecular weight excluding hydrogens is 170 g/mol. The van der Waals surface area contributed by atoms with Crippen molar-refractivity contribution in [2.24, 2.45) is 0 Å². The lowest BCUT2D eigenvalue weighted by molar-refractivity contribution is 0.446. The normalized spacial score (nSPS) is 13.5. The average molecular weight is 179 g/mol. The maximum absolute atomic E-state index is 5.11. The largest absolute Gasteiger partial charge is 0.356 e. The molecular formula is C9H9NOS. The Morgan fingerprint density at radius 1 is 1.42 bits per heavy atom. The number of hydrogen-bond acceptors (Lipinski definition) is 3. The molecule has 1 aromatic carbocycles. The highest BCUT2D eigenvalue weighted by Crippen LogP contribution is 2.26. The Morgan fingerprint density at radius 2 is 2.17 bits per heavy atom. The van der Waals surface area contributed by atoms with Crippen LogP contribution in [0.5, 0.6) is 0 Å². The Morgan fingerprint density at radius 3 is 2.92 bits per heavy atom. The van der Waals surface area contributed by atoms with Crippen molar-refractivity contribution in [1.29, 1.82) is 0 Å². The van der Waals surface area contributed by atoms with Crippen LogP contribution in [0.3, 0.4) is 0 Å². The van der Waals surface area contributed by atoms with E-state index in [1.165, 1.54) is 0 Å². The second-order valence-electron chi connectivity index (χ2n) is 2.74. The predicted octanol–water partition coefficient (Wildman–Crippen LogP) is 2.82. The van der Waals surface area contributed by atoms with Crippen molar-refractivity contribution in [2.45, 2.75) is 12.2 Å². The number of rotatable bonds is 1. The zero-order valence-corrected chi connectivity index (χ0v) is 7.58. The van der Waals surface area contributed by atoms with E-state index in [0.29, 0.717) is 0 Å². The van der Waals surface area contributed by atoms with Gasteiger partial charge in [-0.05, 0) is 19.1 Å². The van der Waals surface area contributed by atoms with Gasteiger partial charge < -0.3 is 4.52 Å². The first kappa shape index (κ1) is 7.68. The second kappa shape index (κ2) is 2.83. The van der Waals surface area contributed by atoms with Gasteiger partial charge in [-0.25, -0.2) is 0 Å². The summed E-state index contributed by atoms with van der Waals surface area (Å²) in [5, 5.41) is 5.12. The first-order chi connectivity index (χ1) is 5.79. The lowest BCUT2D eigenvalue weighted by Gasteiger charge is -1.96. The molecule has 0 amide bonds. The molecule has 0 saturated heterocycles. The monoisotopic (exact) mass is 179 g/mol. The maximum atomic E-state index is 5.11. The molecule has 0 spiro atoms. The molecule has 2 aromatic rings. The van der Waals surface area contributed by atoms with Crippen LogP contribution < -0.4 is 0 Å². The van der Waals surface area contributed by atoms with Crippen LogP contribution in [-0.4, -0.2) is 5.16 Å². The Balaban J connectivity index is 2.70. The summed E-state index contributed by atoms with van der Waals surface area (Å²) in [6, 6.07) is 7.80. The minimum Gasteiger partial charge on any atom is -0.356 e. The Labute approximate surface area is 76.0 Å². The van der Waals surface area contributed by atoms with Gasteiger partial charge in [0.1, 0.15) is 5.69 Å². The quantitative estimate of drug-likeness (QED) is 0.681. The number of hydrogen-bond donors (Lipinski definition) is 1. The van der Waals surface area contributed by atoms with E-state index in [9.17, 15) is 0 Å². The Hall–Kier alpha value is -0.960. The highest BCUT2D eigenvalue weighted by atomic mass is 32.1. The summed E-state index contributed by atoms with van der Waals surface area (Å²) < 4.78 is 5.11. The van der Waals surface area contributed by atoms with Crippen molar-refractivity contribution >= 4 is 23.6 Å². The van der Waals surface area contributed by atoms with Crippen LogP contribution in [0.25, 0.3) is 11.0 Å². The molecule has 2 nitrogen and oxygen atoms in total. The van der Waals surface area contributed by atoms with Crippen LogP contribution in [0, 0.1) is 0 Å². The number of thiol groups is 1. The summed E-state index contributed by atoms with van der Waals surface area (Å²) in [7, 11) is 0. The third-order valence-corrected chi connectivity index (χ3v) is 2.05. The van der Waals surface area contributed by atoms with Gasteiger partial charge in [0.2, 0.25) is 0 Å². The molecule has 12 heavy (non-hydrogen) atoms. The fourth-order valence-electron chi connectivity index (χ4n) is 1.21. The van der Waals surface area contributed by atoms with E-state index in [-0.39, 0.29) is 5.25 Å². The molecule has 2 rings (SSSR count). The third kappa shape index (κ3) is 1.10. The SMILES string of the molecule is C[C@@H](S)c1noc2ccccc12. The van der Waals surface area contributed by atoms with E-state index in [1.807, 2.05) is 31.2 Å². The summed E-state index contributed by atoms with van der Waals surface area (Å²) in [5.41, 5.74) is 1.74. The molecule has 0 aliphatic heterocycles. The van der Waals surface area contributed by atoms with Crippen LogP contribution in [0.1, 0.15) is 17.9 Å². The molecule has 0 aliphatic rings. The summed E-state index contributed by atoms with van der Waals surface area (Å²) >= 11 is 4.31. The standard InChI is InChI=1S/C9H9NOS/c1-6(12)9-7-4-2-3-5-8(7)11-10-9/h2-6,12H,1H3/t6-/m1/s1. The predicted molar refractivity (Wildman–Crippen MR) is 51.4 cm³/mol. The number of para-hydroxylation sites is 1. The van der Waals surface area contributed by atoms with Crippen molar-refractivity contribution in [3.8, 4) is 0 Å². The van der Waals surface area contributed by atoms with Crippen LogP contribution in [0.15, 0.2) is 28.8 Å². The number of nitrogens with zero attached hydrogens (tertiary/aromatic N) is 1. The van der Waals surface area contributed by atoms with Gasteiger partial charge in [0.25, 0.3) is 0 Å². The highest BCUT2D eigenvalue weighted by Gasteiger charge is 2.10. The minimum atomic E-state index is 0.119. The van der Waals surface area contributed by atoms with E-state index < -0.39 is 0 Å². The fraction of sp³-hybridized carbons (Fsp3) is 0.222. The molecule has 1 heterocycles. The van der Waals surface area contributed by atoms with Crippen molar-refractivity contribution < 1.29 is 4.52 Å². The van der Waals surface area contributed by atoms with Gasteiger partial charge in [-0.2, -0.15) is 12.6 Å². The van der Waals surface area contributed by atoms with E-state index in [0.717, 1.165) is 16.7 Å². The Kier molecular flexibility index (Phi) is 1.81. The van der Waals surface area contributed by atoms with Crippen molar-refractivity contribution in [3.63, 3.8) is 0 Å². The van der Waals surface area contributed by atoms with Crippen molar-refractivity contribution in [2.75, 3.05) is 0 Å². The van der Waals surface area contributed by atoms with Gasteiger partial charge in [0, 0.05) is 10.6 Å². The molecule has 0 fully saturated rings. The molecule has 0 N–H and O–H groups in total. The van der Waals surface area contributed by atoms with Crippen LogP contribution >= 0.6 is 12.6 Å². The highest BCUT2D eigenvalue weighted by molar-refractivity contribution is 7.80. The molecule has 0 aliphatic carbocycles. The van der Waals surface area contributed by atoms with Crippen LogP contribution in [-0.2, 0) is 0 Å². The topological polar surface area (TPSA) is 26.0 Å².